The largest absolute Gasteiger partial charge is 0.396 e. The molecular formula is C9H22NO2P. The number of nitrogens with two attached hydrogens (primary N) is 1. The Bertz CT molecular complexity index is 106. The normalized spacial score (nSPS) is 13.6. The Hall–Kier alpha value is 0.310. The number of aliphatic hydroxyl groups is 2. The molecule has 13 heavy (non-hydrogen) atoms. The predicted molar refractivity (Wildman–Crippen MR) is 58.3 cm³/mol. The van der Waals surface area contributed by atoms with Gasteiger partial charge in [0.1, 0.15) is 0 Å². The van der Waals surface area contributed by atoms with Gasteiger partial charge in [-0.25, -0.2) is 0 Å². The number of rotatable bonds is 8. The standard InChI is InChI=1S/C9H22NO2P/c1-2-9(10)13(7-3-5-11)8-4-6-12/h9,11-12H,2-8,10H2,1H3. The van der Waals surface area contributed by atoms with Crippen molar-refractivity contribution in [3.63, 3.8) is 0 Å². The number of hydrogen-bond donors (Lipinski definition) is 3. The van der Waals surface area contributed by atoms with Crippen molar-refractivity contribution in [1.82, 2.24) is 0 Å². The molecule has 0 spiro atoms. The van der Waals surface area contributed by atoms with E-state index in [0.717, 1.165) is 31.6 Å². The summed E-state index contributed by atoms with van der Waals surface area (Å²) >= 11 is 0. The molecule has 0 aromatic carbocycles. The van der Waals surface area contributed by atoms with Crippen molar-refractivity contribution in [3.8, 4) is 0 Å². The smallest absolute Gasteiger partial charge is 0.0434 e. The van der Waals surface area contributed by atoms with Crippen LogP contribution in [0.15, 0.2) is 0 Å². The zero-order valence-corrected chi connectivity index (χ0v) is 9.34. The van der Waals surface area contributed by atoms with E-state index in [4.69, 9.17) is 15.9 Å². The van der Waals surface area contributed by atoms with Crippen LogP contribution in [0.5, 0.6) is 0 Å². The van der Waals surface area contributed by atoms with Crippen molar-refractivity contribution < 1.29 is 10.2 Å². The summed E-state index contributed by atoms with van der Waals surface area (Å²) < 4.78 is 0. The first kappa shape index (κ1) is 13.3. The van der Waals surface area contributed by atoms with Crippen molar-refractivity contribution in [2.45, 2.75) is 32.0 Å². The molecule has 0 bridgehead atoms. The van der Waals surface area contributed by atoms with Crippen LogP contribution in [-0.2, 0) is 0 Å². The topological polar surface area (TPSA) is 66.5 Å². The first-order valence-corrected chi connectivity index (χ1v) is 6.75. The molecule has 0 heterocycles. The van der Waals surface area contributed by atoms with Gasteiger partial charge < -0.3 is 15.9 Å². The van der Waals surface area contributed by atoms with E-state index in [9.17, 15) is 0 Å². The molecule has 0 aliphatic rings. The fourth-order valence-electron chi connectivity index (χ4n) is 1.25. The summed E-state index contributed by atoms with van der Waals surface area (Å²) in [5.41, 5.74) is 5.96. The third kappa shape index (κ3) is 6.39. The van der Waals surface area contributed by atoms with Crippen LogP contribution in [-0.4, -0.2) is 41.5 Å². The molecule has 0 radical (unpaired) electrons. The van der Waals surface area contributed by atoms with Gasteiger partial charge in [0.05, 0.1) is 0 Å². The van der Waals surface area contributed by atoms with E-state index in [1.807, 2.05) is 0 Å². The van der Waals surface area contributed by atoms with E-state index in [1.165, 1.54) is 0 Å². The molecule has 1 unspecified atom stereocenters. The molecule has 0 aromatic rings. The van der Waals surface area contributed by atoms with Crippen molar-refractivity contribution in [1.29, 1.82) is 0 Å². The van der Waals surface area contributed by atoms with E-state index < -0.39 is 0 Å². The summed E-state index contributed by atoms with van der Waals surface area (Å²) in [6.45, 7) is 2.61. The Balaban J connectivity index is 3.72. The quantitative estimate of drug-likeness (QED) is 0.519. The van der Waals surface area contributed by atoms with Gasteiger partial charge in [0.15, 0.2) is 0 Å². The second-order valence-corrected chi connectivity index (χ2v) is 5.90. The van der Waals surface area contributed by atoms with Gasteiger partial charge in [0.2, 0.25) is 0 Å². The zero-order valence-electron chi connectivity index (χ0n) is 8.45. The number of hydrogen-bond acceptors (Lipinski definition) is 3. The van der Waals surface area contributed by atoms with E-state index >= 15 is 0 Å². The molecule has 0 saturated carbocycles. The highest BCUT2D eigenvalue weighted by Gasteiger charge is 2.13. The molecule has 0 aromatic heterocycles. The maximum atomic E-state index is 8.72. The second kappa shape index (κ2) is 8.89. The van der Waals surface area contributed by atoms with Crippen molar-refractivity contribution in [3.05, 3.63) is 0 Å². The Morgan fingerprint density at radius 2 is 1.62 bits per heavy atom. The van der Waals surface area contributed by atoms with E-state index in [-0.39, 0.29) is 26.9 Å². The lowest BCUT2D eigenvalue weighted by atomic mass is 10.5. The van der Waals surface area contributed by atoms with Crippen molar-refractivity contribution in [2.24, 2.45) is 5.73 Å². The van der Waals surface area contributed by atoms with Gasteiger partial charge in [-0.3, -0.25) is 0 Å². The summed E-state index contributed by atoms with van der Waals surface area (Å²) in [7, 11) is -0.176. The molecule has 0 aliphatic carbocycles. The summed E-state index contributed by atoms with van der Waals surface area (Å²) in [4.78, 5) is 0. The Morgan fingerprint density at radius 3 is 1.92 bits per heavy atom. The zero-order chi connectivity index (χ0) is 10.1. The lowest BCUT2D eigenvalue weighted by Crippen LogP contribution is -2.19. The van der Waals surface area contributed by atoms with E-state index in [0.29, 0.717) is 0 Å². The molecule has 1 atom stereocenters. The Morgan fingerprint density at radius 1 is 1.15 bits per heavy atom. The van der Waals surface area contributed by atoms with Gasteiger partial charge in [0, 0.05) is 19.0 Å². The van der Waals surface area contributed by atoms with Crippen LogP contribution in [0.1, 0.15) is 26.2 Å². The molecule has 0 fully saturated rings. The lowest BCUT2D eigenvalue weighted by molar-refractivity contribution is 0.294. The van der Waals surface area contributed by atoms with Crippen molar-refractivity contribution in [2.75, 3.05) is 25.5 Å². The molecule has 4 N–H and O–H groups in total. The first-order chi connectivity index (χ1) is 6.26. The van der Waals surface area contributed by atoms with Gasteiger partial charge in [-0.05, 0) is 31.6 Å². The fraction of sp³-hybridized carbons (Fsp3) is 1.00. The average Bonchev–Trinajstić information content (AvgIpc) is 2.17. The van der Waals surface area contributed by atoms with Gasteiger partial charge >= 0.3 is 0 Å². The molecule has 0 amide bonds. The van der Waals surface area contributed by atoms with Crippen LogP contribution < -0.4 is 5.73 Å². The highest BCUT2D eigenvalue weighted by Crippen LogP contribution is 2.41. The average molecular weight is 207 g/mol. The molecule has 0 rings (SSSR count). The maximum Gasteiger partial charge on any atom is 0.0434 e. The van der Waals surface area contributed by atoms with E-state index in [1.54, 1.807) is 0 Å². The maximum absolute atomic E-state index is 8.72. The van der Waals surface area contributed by atoms with Crippen LogP contribution in [0.2, 0.25) is 0 Å². The third-order valence-electron chi connectivity index (χ3n) is 2.09. The van der Waals surface area contributed by atoms with Gasteiger partial charge in [-0.1, -0.05) is 14.8 Å². The number of aliphatic hydroxyl groups excluding tert-OH is 2. The predicted octanol–water partition coefficient (Wildman–Crippen LogP) is 0.928. The van der Waals surface area contributed by atoms with Crippen LogP contribution in [0.25, 0.3) is 0 Å². The molecule has 3 nitrogen and oxygen atoms in total. The minimum atomic E-state index is -0.176. The van der Waals surface area contributed by atoms with E-state index in [2.05, 4.69) is 6.92 Å². The molecule has 0 aliphatic heterocycles. The van der Waals surface area contributed by atoms with Crippen LogP contribution in [0, 0.1) is 0 Å². The Kier molecular flexibility index (Phi) is 9.10. The van der Waals surface area contributed by atoms with Crippen LogP contribution in [0.4, 0.5) is 0 Å². The van der Waals surface area contributed by atoms with Crippen LogP contribution in [0.3, 0.4) is 0 Å². The third-order valence-corrected chi connectivity index (χ3v) is 5.18. The minimum Gasteiger partial charge on any atom is -0.396 e. The summed E-state index contributed by atoms with van der Waals surface area (Å²) in [6, 6.07) is 0. The minimum absolute atomic E-state index is 0.176. The molecular weight excluding hydrogens is 185 g/mol. The van der Waals surface area contributed by atoms with Gasteiger partial charge in [-0.2, -0.15) is 0 Å². The molecule has 4 heteroatoms. The summed E-state index contributed by atoms with van der Waals surface area (Å²) in [5.74, 6) is 0.285. The van der Waals surface area contributed by atoms with Crippen LogP contribution >= 0.6 is 7.92 Å². The molecule has 80 valence electrons. The Labute approximate surface area is 82.1 Å². The summed E-state index contributed by atoms with van der Waals surface area (Å²) in [6.07, 6.45) is 4.79. The second-order valence-electron chi connectivity index (χ2n) is 3.17. The van der Waals surface area contributed by atoms with Gasteiger partial charge in [0.25, 0.3) is 0 Å². The van der Waals surface area contributed by atoms with Gasteiger partial charge in [-0.15, -0.1) is 0 Å². The molecule has 0 saturated heterocycles. The SMILES string of the molecule is CCC(N)P(CCCO)CCCO. The highest BCUT2D eigenvalue weighted by atomic mass is 31.1. The lowest BCUT2D eigenvalue weighted by Gasteiger charge is -2.23. The fourth-order valence-corrected chi connectivity index (χ4v) is 3.75. The summed E-state index contributed by atoms with van der Waals surface area (Å²) in [5, 5.41) is 17.4. The monoisotopic (exact) mass is 207 g/mol. The first-order valence-electron chi connectivity index (χ1n) is 4.97. The highest BCUT2D eigenvalue weighted by molar-refractivity contribution is 7.58. The van der Waals surface area contributed by atoms with Crippen molar-refractivity contribution >= 4 is 7.92 Å².